The number of carbonyl (C=O) groups excluding carboxylic acids is 1. The Bertz CT molecular complexity index is 503. The summed E-state index contributed by atoms with van der Waals surface area (Å²) in [4.78, 5) is 11.2. The zero-order valence-electron chi connectivity index (χ0n) is 8.55. The molecule has 0 aromatic carbocycles. The average molecular weight is 288 g/mol. The third kappa shape index (κ3) is 4.37. The summed E-state index contributed by atoms with van der Waals surface area (Å²) in [6, 6.07) is 2.28. The van der Waals surface area contributed by atoms with Crippen molar-refractivity contribution in [1.82, 2.24) is 0 Å². The van der Waals surface area contributed by atoms with Crippen LogP contribution in [0, 0.1) is 0 Å². The highest BCUT2D eigenvalue weighted by Crippen LogP contribution is 2.25. The van der Waals surface area contributed by atoms with Crippen LogP contribution in [0.25, 0.3) is 0 Å². The molecule has 1 aromatic heterocycles. The van der Waals surface area contributed by atoms with Gasteiger partial charge < -0.3 is 9.15 Å². The molecule has 0 bridgehead atoms. The van der Waals surface area contributed by atoms with Gasteiger partial charge in [0.05, 0.1) is 6.26 Å². The van der Waals surface area contributed by atoms with E-state index in [4.69, 9.17) is 4.55 Å². The van der Waals surface area contributed by atoms with Crippen molar-refractivity contribution in [2.24, 2.45) is 0 Å². The van der Waals surface area contributed by atoms with Gasteiger partial charge in [0.2, 0.25) is 11.9 Å². The van der Waals surface area contributed by atoms with Crippen LogP contribution >= 0.6 is 0 Å². The molecule has 0 aliphatic rings. The van der Waals surface area contributed by atoms with Gasteiger partial charge in [-0.15, -0.1) is 0 Å². The van der Waals surface area contributed by atoms with Crippen LogP contribution in [0.15, 0.2) is 22.8 Å². The fourth-order valence-electron chi connectivity index (χ4n) is 0.969. The quantitative estimate of drug-likeness (QED) is 0.662. The zero-order valence-corrected chi connectivity index (χ0v) is 9.36. The SMILES string of the molecule is O=C(OC(CS(=O)(=O)O)C(F)(F)F)c1ccco1. The lowest BCUT2D eigenvalue weighted by atomic mass is 10.4. The molecule has 1 aromatic rings. The van der Waals surface area contributed by atoms with Gasteiger partial charge in [-0.05, 0) is 12.1 Å². The number of hydrogen-bond acceptors (Lipinski definition) is 5. The summed E-state index contributed by atoms with van der Waals surface area (Å²) in [6.07, 6.45) is -7.06. The minimum Gasteiger partial charge on any atom is -0.457 e. The summed E-state index contributed by atoms with van der Waals surface area (Å²) in [6.45, 7) is 0. The fraction of sp³-hybridized carbons (Fsp3) is 0.375. The van der Waals surface area contributed by atoms with Gasteiger partial charge in [0.25, 0.3) is 10.1 Å². The molecule has 1 unspecified atom stereocenters. The number of furan rings is 1. The second-order valence-electron chi connectivity index (χ2n) is 3.16. The lowest BCUT2D eigenvalue weighted by molar-refractivity contribution is -0.197. The molecule has 0 fully saturated rings. The second kappa shape index (κ2) is 4.98. The van der Waals surface area contributed by atoms with E-state index in [1.54, 1.807) is 0 Å². The van der Waals surface area contributed by atoms with Gasteiger partial charge >= 0.3 is 12.1 Å². The third-order valence-electron chi connectivity index (χ3n) is 1.70. The molecule has 0 amide bonds. The van der Waals surface area contributed by atoms with Crippen LogP contribution in [0.3, 0.4) is 0 Å². The first-order valence-corrected chi connectivity index (χ1v) is 5.97. The maximum absolute atomic E-state index is 12.4. The first-order valence-electron chi connectivity index (χ1n) is 4.36. The predicted molar refractivity (Wildman–Crippen MR) is 50.4 cm³/mol. The number of esters is 1. The van der Waals surface area contributed by atoms with Gasteiger partial charge in [-0.25, -0.2) is 4.79 Å². The largest absolute Gasteiger partial charge is 0.457 e. The number of hydrogen-bond donors (Lipinski definition) is 1. The highest BCUT2D eigenvalue weighted by Gasteiger charge is 2.45. The summed E-state index contributed by atoms with van der Waals surface area (Å²) in [5.41, 5.74) is 0. The molecule has 0 aliphatic heterocycles. The molecule has 18 heavy (non-hydrogen) atoms. The molecule has 1 heterocycles. The fourth-order valence-corrected chi connectivity index (χ4v) is 1.61. The number of halogens is 3. The third-order valence-corrected chi connectivity index (χ3v) is 2.42. The molecule has 0 saturated carbocycles. The molecule has 1 rings (SSSR count). The zero-order chi connectivity index (χ0) is 14.0. The molecule has 0 saturated heterocycles. The van der Waals surface area contributed by atoms with Gasteiger partial charge in [0.1, 0.15) is 5.75 Å². The van der Waals surface area contributed by atoms with Gasteiger partial charge in [-0.2, -0.15) is 21.6 Å². The molecular weight excluding hydrogens is 281 g/mol. The maximum atomic E-state index is 12.4. The molecule has 0 radical (unpaired) electrons. The normalized spacial score (nSPS) is 14.2. The van der Waals surface area contributed by atoms with Crippen LogP contribution in [0.5, 0.6) is 0 Å². The van der Waals surface area contributed by atoms with Crippen LogP contribution < -0.4 is 0 Å². The Morgan fingerprint density at radius 3 is 2.50 bits per heavy atom. The van der Waals surface area contributed by atoms with Crippen LogP contribution in [-0.4, -0.2) is 37.0 Å². The molecule has 10 heteroatoms. The van der Waals surface area contributed by atoms with Crippen molar-refractivity contribution in [3.63, 3.8) is 0 Å². The second-order valence-corrected chi connectivity index (χ2v) is 4.66. The number of rotatable bonds is 4. The highest BCUT2D eigenvalue weighted by atomic mass is 32.2. The monoisotopic (exact) mass is 288 g/mol. The van der Waals surface area contributed by atoms with Gasteiger partial charge in [-0.3, -0.25) is 4.55 Å². The molecule has 1 N–H and O–H groups in total. The summed E-state index contributed by atoms with van der Waals surface area (Å²) in [5.74, 6) is -3.77. The Kier molecular flexibility index (Phi) is 4.02. The lowest BCUT2D eigenvalue weighted by Gasteiger charge is -2.18. The van der Waals surface area contributed by atoms with E-state index in [-0.39, 0.29) is 0 Å². The van der Waals surface area contributed by atoms with Crippen molar-refractivity contribution in [1.29, 1.82) is 0 Å². The predicted octanol–water partition coefficient (Wildman–Crippen LogP) is 1.26. The molecule has 0 spiro atoms. The Labute approximate surface area is 99.1 Å². The van der Waals surface area contributed by atoms with E-state index < -0.39 is 39.9 Å². The summed E-state index contributed by atoms with van der Waals surface area (Å²) in [7, 11) is -4.95. The minimum atomic E-state index is -5.13. The first-order chi connectivity index (χ1) is 8.09. The Balaban J connectivity index is 2.83. The Morgan fingerprint density at radius 1 is 1.50 bits per heavy atom. The lowest BCUT2D eigenvalue weighted by Crippen LogP contribution is -2.39. The van der Waals surface area contributed by atoms with E-state index in [1.807, 2.05) is 0 Å². The number of carbonyl (C=O) groups is 1. The van der Waals surface area contributed by atoms with Gasteiger partial charge in [0, 0.05) is 0 Å². The standard InChI is InChI=1S/C8H7F3O6S/c9-8(10,11)6(4-18(13,14)15)17-7(12)5-2-1-3-16-5/h1-3,6H,4H2,(H,13,14,15). The van der Waals surface area contributed by atoms with Crippen molar-refractivity contribution in [2.75, 3.05) is 5.75 Å². The van der Waals surface area contributed by atoms with Crippen molar-refractivity contribution < 1.29 is 40.1 Å². The topological polar surface area (TPSA) is 93.8 Å². The Hall–Kier alpha value is -1.55. The summed E-state index contributed by atoms with van der Waals surface area (Å²) in [5, 5.41) is 0. The van der Waals surface area contributed by atoms with Gasteiger partial charge in [-0.1, -0.05) is 0 Å². The average Bonchev–Trinajstić information content (AvgIpc) is 2.65. The maximum Gasteiger partial charge on any atom is 0.426 e. The van der Waals surface area contributed by atoms with Crippen molar-refractivity contribution in [2.45, 2.75) is 12.3 Å². The van der Waals surface area contributed by atoms with Crippen molar-refractivity contribution >= 4 is 16.1 Å². The first kappa shape index (κ1) is 14.5. The molecule has 1 atom stereocenters. The molecule has 102 valence electrons. The van der Waals surface area contributed by atoms with E-state index in [1.165, 1.54) is 6.07 Å². The molecule has 6 nitrogen and oxygen atoms in total. The van der Waals surface area contributed by atoms with Crippen LogP contribution in [-0.2, 0) is 14.9 Å². The van der Waals surface area contributed by atoms with E-state index in [0.29, 0.717) is 0 Å². The summed E-state index contributed by atoms with van der Waals surface area (Å²) >= 11 is 0. The van der Waals surface area contributed by atoms with E-state index >= 15 is 0 Å². The van der Waals surface area contributed by atoms with Gasteiger partial charge in [0.15, 0.2) is 0 Å². The van der Waals surface area contributed by atoms with E-state index in [9.17, 15) is 26.4 Å². The van der Waals surface area contributed by atoms with Crippen molar-refractivity contribution in [3.8, 4) is 0 Å². The smallest absolute Gasteiger partial charge is 0.426 e. The number of ether oxygens (including phenoxy) is 1. The Morgan fingerprint density at radius 2 is 2.11 bits per heavy atom. The number of alkyl halides is 3. The summed E-state index contributed by atoms with van der Waals surface area (Å²) < 4.78 is 74.7. The van der Waals surface area contributed by atoms with Crippen molar-refractivity contribution in [3.05, 3.63) is 24.2 Å². The minimum absolute atomic E-state index is 0.514. The van der Waals surface area contributed by atoms with Crippen LogP contribution in [0.1, 0.15) is 10.6 Å². The van der Waals surface area contributed by atoms with E-state index in [2.05, 4.69) is 9.15 Å². The van der Waals surface area contributed by atoms with Crippen LogP contribution in [0.4, 0.5) is 13.2 Å². The highest BCUT2D eigenvalue weighted by molar-refractivity contribution is 7.85. The molecule has 0 aliphatic carbocycles. The molecular formula is C8H7F3O6S. The van der Waals surface area contributed by atoms with Crippen LogP contribution in [0.2, 0.25) is 0 Å². The van der Waals surface area contributed by atoms with E-state index in [0.717, 1.165) is 12.3 Å².